The molecule has 1 aromatic heterocycles. The van der Waals surface area contributed by atoms with Gasteiger partial charge in [-0.1, -0.05) is 6.07 Å². The number of pyridine rings is 1. The molecule has 0 saturated carbocycles. The molecule has 6 nitrogen and oxygen atoms in total. The van der Waals surface area contributed by atoms with Crippen molar-refractivity contribution in [3.05, 3.63) is 56.2 Å². The molecule has 0 radical (unpaired) electrons. The maximum atomic E-state index is 10.9. The number of hydrogen-bond donors (Lipinski definition) is 1. The minimum Gasteiger partial charge on any atom is -0.437 e. The molecule has 0 bridgehead atoms. The number of ether oxygens (including phenoxy) is 1. The highest BCUT2D eigenvalue weighted by atomic mass is 79.9. The molecule has 1 heterocycles. The molecule has 2 N–H and O–H groups in total. The van der Waals surface area contributed by atoms with Crippen molar-refractivity contribution < 1.29 is 9.66 Å². The van der Waals surface area contributed by atoms with E-state index in [1.165, 1.54) is 6.07 Å². The third-order valence-electron chi connectivity index (χ3n) is 2.67. The van der Waals surface area contributed by atoms with Crippen LogP contribution in [0.1, 0.15) is 11.1 Å². The van der Waals surface area contributed by atoms with E-state index in [2.05, 4.69) is 20.9 Å². The number of benzene rings is 1. The van der Waals surface area contributed by atoms with E-state index in [0.29, 0.717) is 18.2 Å². The zero-order valence-electron chi connectivity index (χ0n) is 10.7. The van der Waals surface area contributed by atoms with Gasteiger partial charge in [-0.3, -0.25) is 10.1 Å². The number of halogens is 1. The van der Waals surface area contributed by atoms with Gasteiger partial charge in [0.25, 0.3) is 5.69 Å². The molecule has 104 valence electrons. The Bertz CT molecular complexity index is 661. The molecule has 0 aliphatic carbocycles. The summed E-state index contributed by atoms with van der Waals surface area (Å²) in [5.41, 5.74) is 7.19. The molecule has 20 heavy (non-hydrogen) atoms. The Morgan fingerprint density at radius 1 is 1.50 bits per heavy atom. The number of aryl methyl sites for hydroxylation is 1. The molecule has 0 aliphatic rings. The van der Waals surface area contributed by atoms with Gasteiger partial charge in [-0.05, 0) is 40.5 Å². The molecule has 0 amide bonds. The Labute approximate surface area is 123 Å². The van der Waals surface area contributed by atoms with Crippen molar-refractivity contribution in [1.82, 2.24) is 4.98 Å². The third kappa shape index (κ3) is 2.94. The van der Waals surface area contributed by atoms with Gasteiger partial charge in [-0.2, -0.15) is 0 Å². The Morgan fingerprint density at radius 2 is 2.25 bits per heavy atom. The van der Waals surface area contributed by atoms with Gasteiger partial charge in [0, 0.05) is 24.4 Å². The lowest BCUT2D eigenvalue weighted by molar-refractivity contribution is -0.385. The van der Waals surface area contributed by atoms with Crippen LogP contribution in [0.15, 0.2) is 34.9 Å². The van der Waals surface area contributed by atoms with Crippen LogP contribution in [0.4, 0.5) is 5.69 Å². The Morgan fingerprint density at radius 3 is 2.85 bits per heavy atom. The first-order valence-corrected chi connectivity index (χ1v) is 6.58. The number of nitrogens with zero attached hydrogens (tertiary/aromatic N) is 2. The van der Waals surface area contributed by atoms with E-state index in [-0.39, 0.29) is 10.2 Å². The molecule has 0 spiro atoms. The zero-order valence-corrected chi connectivity index (χ0v) is 12.3. The summed E-state index contributed by atoms with van der Waals surface area (Å²) in [5.74, 6) is 0.735. The topological polar surface area (TPSA) is 91.3 Å². The van der Waals surface area contributed by atoms with Crippen LogP contribution in [0.5, 0.6) is 11.6 Å². The summed E-state index contributed by atoms with van der Waals surface area (Å²) in [5, 5.41) is 10.9. The monoisotopic (exact) mass is 337 g/mol. The van der Waals surface area contributed by atoms with Gasteiger partial charge in [-0.15, -0.1) is 0 Å². The minimum absolute atomic E-state index is 0.0567. The van der Waals surface area contributed by atoms with Crippen LogP contribution in [0.3, 0.4) is 0 Å². The summed E-state index contributed by atoms with van der Waals surface area (Å²) < 4.78 is 5.91. The molecule has 2 aromatic rings. The molecule has 0 saturated heterocycles. The van der Waals surface area contributed by atoms with Crippen molar-refractivity contribution in [2.45, 2.75) is 13.5 Å². The average molecular weight is 338 g/mol. The molecular formula is C13H12BrN3O3. The summed E-state index contributed by atoms with van der Waals surface area (Å²) in [6.45, 7) is 2.24. The molecule has 0 unspecified atom stereocenters. The maximum Gasteiger partial charge on any atom is 0.287 e. The van der Waals surface area contributed by atoms with Crippen molar-refractivity contribution >= 4 is 21.6 Å². The highest BCUT2D eigenvalue weighted by molar-refractivity contribution is 9.10. The normalized spacial score (nSPS) is 10.3. The second-order valence-corrected chi connectivity index (χ2v) is 4.91. The second kappa shape index (κ2) is 5.98. The summed E-state index contributed by atoms with van der Waals surface area (Å²) in [6.07, 6.45) is 1.62. The predicted octanol–water partition coefficient (Wildman–Crippen LogP) is 3.31. The smallest absolute Gasteiger partial charge is 0.287 e. The van der Waals surface area contributed by atoms with Crippen molar-refractivity contribution in [1.29, 1.82) is 0 Å². The SMILES string of the molecule is Cc1cc(CN)cnc1Oc1cccc([N+](=O)[O-])c1Br. The van der Waals surface area contributed by atoms with Crippen LogP contribution >= 0.6 is 15.9 Å². The first-order chi connectivity index (χ1) is 9.52. The molecule has 0 atom stereocenters. The first kappa shape index (κ1) is 14.4. The van der Waals surface area contributed by atoms with Crippen LogP contribution in [-0.4, -0.2) is 9.91 Å². The number of nitro groups is 1. The van der Waals surface area contributed by atoms with Gasteiger partial charge < -0.3 is 10.5 Å². The third-order valence-corrected chi connectivity index (χ3v) is 3.47. The summed E-state index contributed by atoms with van der Waals surface area (Å²) in [4.78, 5) is 14.6. The van der Waals surface area contributed by atoms with Gasteiger partial charge >= 0.3 is 0 Å². The zero-order chi connectivity index (χ0) is 14.7. The Hall–Kier alpha value is -1.99. The van der Waals surface area contributed by atoms with Crippen LogP contribution in [0.25, 0.3) is 0 Å². The fraction of sp³-hybridized carbons (Fsp3) is 0.154. The van der Waals surface area contributed by atoms with Crippen molar-refractivity contribution in [2.24, 2.45) is 5.73 Å². The van der Waals surface area contributed by atoms with E-state index in [4.69, 9.17) is 10.5 Å². The Kier molecular flexibility index (Phi) is 4.31. The van der Waals surface area contributed by atoms with Crippen LogP contribution in [0, 0.1) is 17.0 Å². The average Bonchev–Trinajstić information content (AvgIpc) is 2.42. The summed E-state index contributed by atoms with van der Waals surface area (Å²) >= 11 is 3.18. The molecule has 2 rings (SSSR count). The fourth-order valence-corrected chi connectivity index (χ4v) is 2.15. The molecule has 0 fully saturated rings. The van der Waals surface area contributed by atoms with Gasteiger partial charge in [0.1, 0.15) is 4.47 Å². The number of rotatable bonds is 4. The standard InChI is InChI=1S/C13H12BrN3O3/c1-8-5-9(6-15)7-16-13(8)20-11-4-2-3-10(12(11)14)17(18)19/h2-5,7H,6,15H2,1H3. The lowest BCUT2D eigenvalue weighted by Crippen LogP contribution is -2.00. The summed E-state index contributed by atoms with van der Waals surface area (Å²) in [7, 11) is 0. The van der Waals surface area contributed by atoms with Gasteiger partial charge in [0.05, 0.1) is 4.92 Å². The molecular weight excluding hydrogens is 326 g/mol. The Balaban J connectivity index is 2.35. The van der Waals surface area contributed by atoms with Gasteiger partial charge in [-0.25, -0.2) is 4.98 Å². The van der Waals surface area contributed by atoms with Crippen molar-refractivity contribution in [2.75, 3.05) is 0 Å². The lowest BCUT2D eigenvalue weighted by atomic mass is 10.2. The van der Waals surface area contributed by atoms with E-state index in [9.17, 15) is 10.1 Å². The van der Waals surface area contributed by atoms with E-state index < -0.39 is 4.92 Å². The number of aromatic nitrogens is 1. The van der Waals surface area contributed by atoms with Crippen LogP contribution < -0.4 is 10.5 Å². The molecule has 1 aromatic carbocycles. The number of nitro benzene ring substituents is 1. The minimum atomic E-state index is -0.477. The van der Waals surface area contributed by atoms with Gasteiger partial charge in [0.15, 0.2) is 5.75 Å². The maximum absolute atomic E-state index is 10.9. The van der Waals surface area contributed by atoms with Crippen molar-refractivity contribution in [3.8, 4) is 11.6 Å². The van der Waals surface area contributed by atoms with E-state index in [1.807, 2.05) is 13.0 Å². The van der Waals surface area contributed by atoms with E-state index in [1.54, 1.807) is 18.3 Å². The molecule has 0 aliphatic heterocycles. The van der Waals surface area contributed by atoms with Crippen LogP contribution in [0.2, 0.25) is 0 Å². The highest BCUT2D eigenvalue weighted by Gasteiger charge is 2.17. The highest BCUT2D eigenvalue weighted by Crippen LogP contribution is 2.36. The van der Waals surface area contributed by atoms with Gasteiger partial charge in [0.2, 0.25) is 5.88 Å². The van der Waals surface area contributed by atoms with E-state index >= 15 is 0 Å². The lowest BCUT2D eigenvalue weighted by Gasteiger charge is -2.10. The number of nitrogens with two attached hydrogens (primary N) is 1. The first-order valence-electron chi connectivity index (χ1n) is 5.79. The van der Waals surface area contributed by atoms with E-state index in [0.717, 1.165) is 11.1 Å². The number of hydrogen-bond acceptors (Lipinski definition) is 5. The second-order valence-electron chi connectivity index (χ2n) is 4.12. The summed E-state index contributed by atoms with van der Waals surface area (Å²) in [6, 6.07) is 6.46. The predicted molar refractivity (Wildman–Crippen MR) is 77.7 cm³/mol. The largest absolute Gasteiger partial charge is 0.437 e. The fourth-order valence-electron chi connectivity index (χ4n) is 1.66. The quantitative estimate of drug-likeness (QED) is 0.682. The molecule has 7 heteroatoms. The van der Waals surface area contributed by atoms with Crippen molar-refractivity contribution in [3.63, 3.8) is 0 Å². The van der Waals surface area contributed by atoms with Crippen LogP contribution in [-0.2, 0) is 6.54 Å².